The molecule has 3 aliphatic heterocycles. The summed E-state index contributed by atoms with van der Waals surface area (Å²) in [6.07, 6.45) is 0. The van der Waals surface area contributed by atoms with Crippen molar-refractivity contribution >= 4 is 5.91 Å². The Labute approximate surface area is 110 Å². The van der Waals surface area contributed by atoms with Crippen LogP contribution in [-0.4, -0.2) is 79.8 Å². The zero-order chi connectivity index (χ0) is 13.2. The van der Waals surface area contributed by atoms with Gasteiger partial charge >= 0.3 is 0 Å². The number of carbonyl (C=O) groups is 1. The summed E-state index contributed by atoms with van der Waals surface area (Å²) < 4.78 is 2.30. The Hall–Kier alpha value is -0.650. The van der Waals surface area contributed by atoms with Gasteiger partial charge in [0.05, 0.1) is 19.1 Å². The van der Waals surface area contributed by atoms with Gasteiger partial charge in [0, 0.05) is 0 Å². The van der Waals surface area contributed by atoms with Crippen molar-refractivity contribution in [1.29, 1.82) is 0 Å². The van der Waals surface area contributed by atoms with Gasteiger partial charge in [-0.15, -0.1) is 0 Å². The fourth-order valence-corrected chi connectivity index (χ4v) is 3.50. The molecule has 0 unspecified atom stereocenters. The molecule has 3 aliphatic rings. The first-order valence-corrected chi connectivity index (χ1v) is 7.29. The molecule has 3 fully saturated rings. The molecule has 2 bridgehead atoms. The molecule has 3 saturated heterocycles. The highest BCUT2D eigenvalue weighted by molar-refractivity contribution is 5.77. The number of quaternary nitrogens is 3. The van der Waals surface area contributed by atoms with Crippen molar-refractivity contribution in [2.75, 3.05) is 58.9 Å². The maximum atomic E-state index is 11.9. The topological polar surface area (TPSA) is 56.7 Å². The lowest BCUT2D eigenvalue weighted by Gasteiger charge is -2.57. The van der Waals surface area contributed by atoms with E-state index in [1.807, 2.05) is 0 Å². The first kappa shape index (κ1) is 13.8. The van der Waals surface area contributed by atoms with E-state index < -0.39 is 0 Å². The van der Waals surface area contributed by atoms with E-state index in [1.165, 1.54) is 43.8 Å². The summed E-state index contributed by atoms with van der Waals surface area (Å²) in [7, 11) is 0. The zero-order valence-electron chi connectivity index (χ0n) is 12.0. The highest BCUT2D eigenvalue weighted by Gasteiger charge is 2.50. The van der Waals surface area contributed by atoms with Gasteiger partial charge in [0.15, 0.2) is 6.54 Å². The van der Waals surface area contributed by atoms with Crippen LogP contribution < -0.4 is 11.1 Å². The third-order valence-corrected chi connectivity index (χ3v) is 5.13. The monoisotopic (exact) mass is 257 g/mol. The number of piperazine rings is 3. The quantitative estimate of drug-likeness (QED) is 0.574. The van der Waals surface area contributed by atoms with Crippen LogP contribution in [0.2, 0.25) is 0 Å². The third kappa shape index (κ3) is 2.53. The molecule has 0 aromatic heterocycles. The van der Waals surface area contributed by atoms with Crippen molar-refractivity contribution in [3.63, 3.8) is 0 Å². The molecule has 18 heavy (non-hydrogen) atoms. The molecule has 0 atom stereocenters. The summed E-state index contributed by atoms with van der Waals surface area (Å²) in [5, 5.41) is 2.97. The van der Waals surface area contributed by atoms with Crippen LogP contribution in [0.4, 0.5) is 0 Å². The number of nitrogens with one attached hydrogen (secondary N) is 1. The maximum absolute atomic E-state index is 11.9. The van der Waals surface area contributed by atoms with Crippen molar-refractivity contribution in [3.05, 3.63) is 0 Å². The summed E-state index contributed by atoms with van der Waals surface area (Å²) >= 11 is 0. The predicted molar refractivity (Wildman–Crippen MR) is 70.5 cm³/mol. The predicted octanol–water partition coefficient (Wildman–Crippen LogP) is -1.59. The van der Waals surface area contributed by atoms with Gasteiger partial charge in [-0.25, -0.2) is 0 Å². The van der Waals surface area contributed by atoms with Gasteiger partial charge < -0.3 is 20.0 Å². The lowest BCUT2D eigenvalue weighted by Crippen LogP contribution is -2.77. The van der Waals surface area contributed by atoms with Crippen molar-refractivity contribution in [2.45, 2.75) is 19.9 Å². The Morgan fingerprint density at radius 3 is 2.17 bits per heavy atom. The summed E-state index contributed by atoms with van der Waals surface area (Å²) in [4.78, 5) is 11.9. The van der Waals surface area contributed by atoms with E-state index in [2.05, 4.69) is 24.9 Å². The van der Waals surface area contributed by atoms with Crippen LogP contribution in [0.25, 0.3) is 0 Å². The highest BCUT2D eigenvalue weighted by Crippen LogP contribution is 2.28. The fourth-order valence-electron chi connectivity index (χ4n) is 3.50. The standard InChI is InChI=1S/C13H27N4O/c1-12(2)17-8-5-16(6-9-17,7-10-17)11-13(18)15-4-3-14/h12H,3-11,14H2,1-2H3/q+1/p+2. The van der Waals surface area contributed by atoms with E-state index in [0.29, 0.717) is 13.1 Å². The van der Waals surface area contributed by atoms with Gasteiger partial charge in [-0.2, -0.15) is 0 Å². The molecule has 4 N–H and O–H groups in total. The zero-order valence-corrected chi connectivity index (χ0v) is 12.0. The minimum absolute atomic E-state index is 0.213. The van der Waals surface area contributed by atoms with Gasteiger partial charge in [-0.05, 0) is 13.8 Å². The Morgan fingerprint density at radius 1 is 1.17 bits per heavy atom. The SMILES string of the molecule is CC(C)[N+]12CC[N+](CC(=O)NCC[NH3+])(CC1)CC2. The molecule has 5 heteroatoms. The van der Waals surface area contributed by atoms with E-state index in [4.69, 9.17) is 0 Å². The van der Waals surface area contributed by atoms with E-state index in [9.17, 15) is 4.79 Å². The van der Waals surface area contributed by atoms with E-state index in [0.717, 1.165) is 17.1 Å². The second kappa shape index (κ2) is 5.15. The van der Waals surface area contributed by atoms with Crippen LogP contribution >= 0.6 is 0 Å². The number of hydrogen-bond acceptors (Lipinski definition) is 1. The van der Waals surface area contributed by atoms with Gasteiger partial charge in [-0.1, -0.05) is 0 Å². The largest absolute Gasteiger partial charge is 0.356 e. The maximum Gasteiger partial charge on any atom is 0.275 e. The lowest BCUT2D eigenvalue weighted by molar-refractivity contribution is -1.09. The van der Waals surface area contributed by atoms with Crippen molar-refractivity contribution in [1.82, 2.24) is 5.32 Å². The summed E-state index contributed by atoms with van der Waals surface area (Å²) in [6.45, 7) is 14.1. The summed E-state index contributed by atoms with van der Waals surface area (Å²) in [6, 6.07) is 0.729. The number of fused-ring (bicyclic) bond motifs is 3. The Bertz CT molecular complexity index is 292. The number of carbonyl (C=O) groups excluding carboxylic acids is 1. The Balaban J connectivity index is 1.91. The fraction of sp³-hybridized carbons (Fsp3) is 0.923. The van der Waals surface area contributed by atoms with Crippen molar-refractivity contribution < 1.29 is 19.5 Å². The molecule has 0 aromatic carbocycles. The smallest absolute Gasteiger partial charge is 0.275 e. The molecular weight excluding hydrogens is 228 g/mol. The molecule has 3 heterocycles. The van der Waals surface area contributed by atoms with E-state index in [-0.39, 0.29) is 5.91 Å². The number of amides is 1. The highest BCUT2D eigenvalue weighted by atomic mass is 16.2. The summed E-state index contributed by atoms with van der Waals surface area (Å²) in [5.74, 6) is 0.213. The average Bonchev–Trinajstić information content (AvgIpc) is 2.38. The molecule has 3 rings (SSSR count). The molecule has 0 aliphatic carbocycles. The first-order chi connectivity index (χ1) is 8.52. The molecule has 104 valence electrons. The van der Waals surface area contributed by atoms with Crippen LogP contribution in [0.1, 0.15) is 13.8 Å². The summed E-state index contributed by atoms with van der Waals surface area (Å²) in [5.41, 5.74) is 3.76. The minimum Gasteiger partial charge on any atom is -0.356 e. The van der Waals surface area contributed by atoms with Gasteiger partial charge in [0.1, 0.15) is 39.3 Å². The minimum atomic E-state index is 0.213. The molecule has 1 amide bonds. The number of hydrogen-bond donors (Lipinski definition) is 2. The van der Waals surface area contributed by atoms with Gasteiger partial charge in [-0.3, -0.25) is 4.79 Å². The molecule has 0 radical (unpaired) electrons. The molecule has 0 spiro atoms. The van der Waals surface area contributed by atoms with Crippen LogP contribution in [-0.2, 0) is 4.79 Å². The van der Waals surface area contributed by atoms with Crippen molar-refractivity contribution in [3.8, 4) is 0 Å². The number of rotatable bonds is 5. The molecular formula is C13H29N4O+3. The van der Waals surface area contributed by atoms with Crippen LogP contribution in [0.3, 0.4) is 0 Å². The lowest BCUT2D eigenvalue weighted by atomic mass is 10.0. The van der Waals surface area contributed by atoms with Gasteiger partial charge in [0.25, 0.3) is 5.91 Å². The second-order valence-electron chi connectivity index (χ2n) is 6.36. The third-order valence-electron chi connectivity index (χ3n) is 5.13. The number of nitrogens with zero attached hydrogens (tertiary/aromatic N) is 2. The Morgan fingerprint density at radius 2 is 1.72 bits per heavy atom. The van der Waals surface area contributed by atoms with Gasteiger partial charge in [0.2, 0.25) is 0 Å². The van der Waals surface area contributed by atoms with Crippen LogP contribution in [0.5, 0.6) is 0 Å². The average molecular weight is 257 g/mol. The molecule has 0 saturated carbocycles. The van der Waals surface area contributed by atoms with Crippen LogP contribution in [0.15, 0.2) is 0 Å². The normalized spacial score (nSPS) is 34.9. The molecule has 5 nitrogen and oxygen atoms in total. The Kier molecular flexibility index (Phi) is 3.94. The molecule has 0 aromatic rings. The van der Waals surface area contributed by atoms with Crippen molar-refractivity contribution in [2.24, 2.45) is 0 Å². The van der Waals surface area contributed by atoms with Crippen LogP contribution in [0, 0.1) is 0 Å². The first-order valence-electron chi connectivity index (χ1n) is 7.29. The second-order valence-corrected chi connectivity index (χ2v) is 6.36. The van der Waals surface area contributed by atoms with E-state index in [1.54, 1.807) is 0 Å². The van der Waals surface area contributed by atoms with E-state index >= 15 is 0 Å².